The maximum absolute atomic E-state index is 13.2. The van der Waals surface area contributed by atoms with Crippen molar-refractivity contribution in [1.29, 1.82) is 0 Å². The van der Waals surface area contributed by atoms with Gasteiger partial charge in [0.15, 0.2) is 0 Å². The van der Waals surface area contributed by atoms with E-state index in [9.17, 15) is 4.79 Å². The molecule has 0 bridgehead atoms. The summed E-state index contributed by atoms with van der Waals surface area (Å²) in [4.78, 5) is 19.7. The van der Waals surface area contributed by atoms with Crippen molar-refractivity contribution in [3.05, 3.63) is 23.0 Å². The third kappa shape index (κ3) is 2.70. The maximum Gasteiger partial charge on any atom is 0.259 e. The van der Waals surface area contributed by atoms with Crippen LogP contribution in [0.15, 0.2) is 10.6 Å². The number of carbonyl (C=O) groups is 1. The van der Waals surface area contributed by atoms with Crippen molar-refractivity contribution in [2.45, 2.75) is 64.3 Å². The van der Waals surface area contributed by atoms with E-state index in [1.807, 2.05) is 24.9 Å². The van der Waals surface area contributed by atoms with Gasteiger partial charge >= 0.3 is 0 Å². The fourth-order valence-electron chi connectivity index (χ4n) is 3.86. The van der Waals surface area contributed by atoms with Crippen molar-refractivity contribution < 1.29 is 9.32 Å². The molecule has 0 aliphatic heterocycles. The second kappa shape index (κ2) is 5.87. The molecule has 0 N–H and O–H groups in total. The van der Waals surface area contributed by atoms with E-state index in [-0.39, 0.29) is 5.91 Å². The molecule has 0 saturated heterocycles. The average molecular weight is 327 g/mol. The van der Waals surface area contributed by atoms with E-state index in [0.717, 1.165) is 48.4 Å². The van der Waals surface area contributed by atoms with Gasteiger partial charge in [-0.05, 0) is 57.4 Å². The molecule has 2 aromatic heterocycles. The first-order valence-electron chi connectivity index (χ1n) is 9.08. The second-order valence-electron chi connectivity index (χ2n) is 7.65. The molecule has 5 nitrogen and oxygen atoms in total. The lowest BCUT2D eigenvalue weighted by atomic mass is 9.86. The minimum Gasteiger partial charge on any atom is -0.339 e. The van der Waals surface area contributed by atoms with Gasteiger partial charge in [0, 0.05) is 24.7 Å². The second-order valence-corrected chi connectivity index (χ2v) is 7.65. The summed E-state index contributed by atoms with van der Waals surface area (Å²) in [7, 11) is 1.94. The normalized spacial score (nSPS) is 24.3. The third-order valence-corrected chi connectivity index (χ3v) is 5.72. The molecule has 2 saturated carbocycles. The van der Waals surface area contributed by atoms with Crippen LogP contribution in [0.3, 0.4) is 0 Å². The largest absolute Gasteiger partial charge is 0.339 e. The van der Waals surface area contributed by atoms with E-state index in [4.69, 9.17) is 4.52 Å². The lowest BCUT2D eigenvalue weighted by Gasteiger charge is -2.33. The predicted molar refractivity (Wildman–Crippen MR) is 92.0 cm³/mol. The first-order valence-corrected chi connectivity index (χ1v) is 9.08. The molecule has 24 heavy (non-hydrogen) atoms. The smallest absolute Gasteiger partial charge is 0.259 e. The summed E-state index contributed by atoms with van der Waals surface area (Å²) in [6.07, 6.45) is 6.89. The molecule has 2 aliphatic rings. The maximum atomic E-state index is 13.2. The minimum absolute atomic E-state index is 0.0788. The highest BCUT2D eigenvalue weighted by atomic mass is 16.5. The Morgan fingerprint density at radius 2 is 1.92 bits per heavy atom. The molecule has 0 spiro atoms. The number of hydrogen-bond donors (Lipinski definition) is 0. The van der Waals surface area contributed by atoms with Gasteiger partial charge in [-0.1, -0.05) is 12.1 Å². The number of aryl methyl sites for hydroxylation is 1. The van der Waals surface area contributed by atoms with Crippen LogP contribution in [0.2, 0.25) is 0 Å². The summed E-state index contributed by atoms with van der Waals surface area (Å²) in [5.41, 5.74) is 2.94. The van der Waals surface area contributed by atoms with E-state index in [1.165, 1.54) is 12.8 Å². The Balaban J connectivity index is 1.69. The molecular formula is C19H25N3O2. The first-order chi connectivity index (χ1) is 11.5. The van der Waals surface area contributed by atoms with Gasteiger partial charge in [0.05, 0.1) is 16.6 Å². The highest BCUT2D eigenvalue weighted by Crippen LogP contribution is 2.40. The Morgan fingerprint density at radius 3 is 2.58 bits per heavy atom. The van der Waals surface area contributed by atoms with Crippen LogP contribution in [0.1, 0.15) is 73.1 Å². The molecule has 0 aromatic carbocycles. The van der Waals surface area contributed by atoms with Gasteiger partial charge in [0.2, 0.25) is 0 Å². The summed E-state index contributed by atoms with van der Waals surface area (Å²) in [6, 6.07) is 2.32. The monoisotopic (exact) mass is 327 g/mol. The number of aromatic nitrogens is 2. The average Bonchev–Trinajstić information content (AvgIpc) is 3.37. The van der Waals surface area contributed by atoms with Crippen LogP contribution in [0.5, 0.6) is 0 Å². The molecule has 2 heterocycles. The van der Waals surface area contributed by atoms with Crippen molar-refractivity contribution in [2.24, 2.45) is 5.92 Å². The molecule has 0 atom stereocenters. The topological polar surface area (TPSA) is 59.2 Å². The third-order valence-electron chi connectivity index (χ3n) is 5.72. The van der Waals surface area contributed by atoms with E-state index in [2.05, 4.69) is 17.1 Å². The Kier molecular flexibility index (Phi) is 3.82. The Morgan fingerprint density at radius 1 is 1.21 bits per heavy atom. The van der Waals surface area contributed by atoms with Crippen LogP contribution in [-0.2, 0) is 0 Å². The van der Waals surface area contributed by atoms with Gasteiger partial charge < -0.3 is 9.42 Å². The number of pyridine rings is 1. The van der Waals surface area contributed by atoms with Crippen LogP contribution < -0.4 is 0 Å². The zero-order valence-corrected chi connectivity index (χ0v) is 14.7. The van der Waals surface area contributed by atoms with Crippen molar-refractivity contribution in [1.82, 2.24) is 15.0 Å². The van der Waals surface area contributed by atoms with Crippen LogP contribution in [0.25, 0.3) is 11.1 Å². The first kappa shape index (κ1) is 15.6. The molecule has 2 fully saturated rings. The summed E-state index contributed by atoms with van der Waals surface area (Å²) in [5.74, 6) is 1.33. The summed E-state index contributed by atoms with van der Waals surface area (Å²) >= 11 is 0. The van der Waals surface area contributed by atoms with Crippen LogP contribution in [-0.4, -0.2) is 34.0 Å². The minimum atomic E-state index is 0.0788. The molecule has 0 radical (unpaired) electrons. The van der Waals surface area contributed by atoms with Gasteiger partial charge in [-0.3, -0.25) is 4.79 Å². The predicted octanol–water partition coefficient (Wildman–Crippen LogP) is 4.06. The summed E-state index contributed by atoms with van der Waals surface area (Å²) < 4.78 is 5.37. The number of hydrogen-bond acceptors (Lipinski definition) is 4. The van der Waals surface area contributed by atoms with Crippen molar-refractivity contribution in [2.75, 3.05) is 7.05 Å². The van der Waals surface area contributed by atoms with Gasteiger partial charge in [-0.15, -0.1) is 0 Å². The Bertz CT molecular complexity index is 770. The molecule has 128 valence electrons. The van der Waals surface area contributed by atoms with Gasteiger partial charge in [-0.2, -0.15) is 0 Å². The molecule has 0 unspecified atom stereocenters. The van der Waals surface area contributed by atoms with E-state index in [0.29, 0.717) is 23.2 Å². The summed E-state index contributed by atoms with van der Waals surface area (Å²) in [6.45, 7) is 4.18. The van der Waals surface area contributed by atoms with Crippen LogP contribution in [0, 0.1) is 12.8 Å². The van der Waals surface area contributed by atoms with Crippen molar-refractivity contribution in [3.8, 4) is 0 Å². The highest BCUT2D eigenvalue weighted by molar-refractivity contribution is 6.06. The molecular weight excluding hydrogens is 302 g/mol. The quantitative estimate of drug-likeness (QED) is 0.853. The number of fused-ring (bicyclic) bond motifs is 1. The Labute approximate surface area is 142 Å². The fourth-order valence-corrected chi connectivity index (χ4v) is 3.86. The zero-order chi connectivity index (χ0) is 16.8. The van der Waals surface area contributed by atoms with Crippen molar-refractivity contribution in [3.63, 3.8) is 0 Å². The molecule has 4 rings (SSSR count). The fraction of sp³-hybridized carbons (Fsp3) is 0.632. The number of nitrogens with zero attached hydrogens (tertiary/aromatic N) is 3. The lowest BCUT2D eigenvalue weighted by Crippen LogP contribution is -2.39. The van der Waals surface area contributed by atoms with E-state index < -0.39 is 0 Å². The Hall–Kier alpha value is -1.91. The van der Waals surface area contributed by atoms with E-state index in [1.54, 1.807) is 0 Å². The van der Waals surface area contributed by atoms with Gasteiger partial charge in [0.25, 0.3) is 11.6 Å². The summed E-state index contributed by atoms with van der Waals surface area (Å²) in [5, 5.41) is 4.81. The van der Waals surface area contributed by atoms with Gasteiger partial charge in [-0.25, -0.2) is 4.98 Å². The lowest BCUT2D eigenvalue weighted by molar-refractivity contribution is 0.0681. The zero-order valence-electron chi connectivity index (χ0n) is 14.7. The molecule has 2 aromatic rings. The number of amides is 1. The van der Waals surface area contributed by atoms with Crippen LogP contribution >= 0.6 is 0 Å². The van der Waals surface area contributed by atoms with Crippen molar-refractivity contribution >= 4 is 17.0 Å². The number of carbonyl (C=O) groups excluding carboxylic acids is 1. The van der Waals surface area contributed by atoms with Gasteiger partial charge in [0.1, 0.15) is 0 Å². The highest BCUT2D eigenvalue weighted by Gasteiger charge is 2.31. The van der Waals surface area contributed by atoms with E-state index >= 15 is 0 Å². The number of rotatable bonds is 3. The molecule has 5 heteroatoms. The SMILES string of the molecule is Cc1noc2nc(C3CC3)cc(C(=O)N(C)C3CCC(C)CC3)c12. The standard InChI is InChI=1S/C19H25N3O2/c1-11-4-8-14(9-5-11)22(3)19(23)15-10-16(13-6-7-13)20-18-17(15)12(2)21-24-18/h10-11,13-14H,4-9H2,1-3H3. The molecule has 1 amide bonds. The van der Waals surface area contributed by atoms with Crippen LogP contribution in [0.4, 0.5) is 0 Å². The molecule has 2 aliphatic carbocycles.